The van der Waals surface area contributed by atoms with Gasteiger partial charge in [0, 0.05) is 6.42 Å². The lowest BCUT2D eigenvalue weighted by Crippen LogP contribution is -2.26. The molecule has 0 aliphatic heterocycles. The van der Waals surface area contributed by atoms with Gasteiger partial charge in [0.25, 0.3) is 0 Å². The first-order chi connectivity index (χ1) is 7.51. The van der Waals surface area contributed by atoms with E-state index in [4.69, 9.17) is 4.43 Å². The summed E-state index contributed by atoms with van der Waals surface area (Å²) in [6.07, 6.45) is 11.8. The highest BCUT2D eigenvalue weighted by atomic mass is 28.4. The minimum Gasteiger partial charge on any atom is -0.548 e. The predicted molar refractivity (Wildman–Crippen MR) is 74.0 cm³/mol. The van der Waals surface area contributed by atoms with E-state index in [0.29, 0.717) is 0 Å². The van der Waals surface area contributed by atoms with E-state index in [1.807, 2.05) is 0 Å². The Morgan fingerprint density at radius 3 is 2.69 bits per heavy atom. The lowest BCUT2D eigenvalue weighted by molar-refractivity contribution is 0.349. The maximum Gasteiger partial charge on any atom is 0.241 e. The topological polar surface area (TPSA) is 9.23 Å². The van der Waals surface area contributed by atoms with Gasteiger partial charge in [-0.1, -0.05) is 26.2 Å². The lowest BCUT2D eigenvalue weighted by atomic mass is 9.90. The third-order valence-corrected chi connectivity index (χ3v) is 3.91. The molecular formula is C14H28OSi. The van der Waals surface area contributed by atoms with Crippen LogP contribution in [0.1, 0.15) is 51.9 Å². The molecule has 1 aliphatic rings. The quantitative estimate of drug-likeness (QED) is 0.463. The van der Waals surface area contributed by atoms with Crippen LogP contribution in [0.4, 0.5) is 0 Å². The summed E-state index contributed by atoms with van der Waals surface area (Å²) in [7, 11) is -1.38. The molecule has 0 aromatic heterocycles. The summed E-state index contributed by atoms with van der Waals surface area (Å²) in [6.45, 7) is 9.09. The molecule has 0 heterocycles. The number of unbranched alkanes of at least 4 members (excludes halogenated alkanes) is 2. The Labute approximate surface area is 102 Å². The smallest absolute Gasteiger partial charge is 0.241 e. The molecule has 0 radical (unpaired) electrons. The molecule has 0 aromatic rings. The highest BCUT2D eigenvalue weighted by molar-refractivity contribution is 6.70. The van der Waals surface area contributed by atoms with Crippen LogP contribution in [0.15, 0.2) is 11.8 Å². The largest absolute Gasteiger partial charge is 0.548 e. The average Bonchev–Trinajstić information content (AvgIpc) is 2.16. The summed E-state index contributed by atoms with van der Waals surface area (Å²) < 4.78 is 6.12. The molecule has 0 saturated heterocycles. The standard InChI is InChI=1S/C14H28OSi/c1-5-6-7-9-13-10-8-11-14(12-13)15-16(2,3)4/h12-13H,5-11H2,1-4H3. The van der Waals surface area contributed by atoms with Crippen molar-refractivity contribution in [2.24, 2.45) is 5.92 Å². The Kier molecular flexibility index (Phi) is 5.60. The highest BCUT2D eigenvalue weighted by Gasteiger charge is 2.21. The van der Waals surface area contributed by atoms with Gasteiger partial charge >= 0.3 is 0 Å². The fraction of sp³-hybridized carbons (Fsp3) is 0.857. The predicted octanol–water partition coefficient (Wildman–Crippen LogP) is 5.10. The van der Waals surface area contributed by atoms with Crippen molar-refractivity contribution in [1.82, 2.24) is 0 Å². The molecule has 0 aromatic carbocycles. The Balaban J connectivity index is 2.39. The lowest BCUT2D eigenvalue weighted by Gasteiger charge is -2.27. The maximum absolute atomic E-state index is 6.12. The van der Waals surface area contributed by atoms with E-state index in [9.17, 15) is 0 Å². The van der Waals surface area contributed by atoms with E-state index < -0.39 is 8.32 Å². The van der Waals surface area contributed by atoms with Crippen molar-refractivity contribution in [3.63, 3.8) is 0 Å². The van der Waals surface area contributed by atoms with Gasteiger partial charge in [0.1, 0.15) is 0 Å². The second kappa shape index (κ2) is 6.48. The molecule has 1 atom stereocenters. The van der Waals surface area contributed by atoms with Crippen molar-refractivity contribution >= 4 is 8.32 Å². The van der Waals surface area contributed by atoms with Gasteiger partial charge in [0.05, 0.1) is 5.76 Å². The van der Waals surface area contributed by atoms with E-state index in [1.165, 1.54) is 50.7 Å². The fourth-order valence-electron chi connectivity index (χ4n) is 2.33. The van der Waals surface area contributed by atoms with Crippen LogP contribution in [0.2, 0.25) is 19.6 Å². The van der Waals surface area contributed by atoms with Crippen LogP contribution in [0.25, 0.3) is 0 Å². The fourth-order valence-corrected chi connectivity index (χ4v) is 3.29. The van der Waals surface area contributed by atoms with Crippen LogP contribution in [-0.4, -0.2) is 8.32 Å². The zero-order valence-corrected chi connectivity index (χ0v) is 12.5. The van der Waals surface area contributed by atoms with E-state index in [1.54, 1.807) is 0 Å². The van der Waals surface area contributed by atoms with Crippen LogP contribution in [0.5, 0.6) is 0 Å². The number of hydrogen-bond acceptors (Lipinski definition) is 1. The highest BCUT2D eigenvalue weighted by Crippen LogP contribution is 2.29. The summed E-state index contributed by atoms with van der Waals surface area (Å²) in [5, 5.41) is 0. The van der Waals surface area contributed by atoms with Crippen molar-refractivity contribution in [2.75, 3.05) is 0 Å². The Hall–Kier alpha value is -0.243. The van der Waals surface area contributed by atoms with Crippen molar-refractivity contribution in [1.29, 1.82) is 0 Å². The summed E-state index contributed by atoms with van der Waals surface area (Å²) >= 11 is 0. The normalized spacial score (nSPS) is 21.8. The molecule has 16 heavy (non-hydrogen) atoms. The Bertz CT molecular complexity index is 227. The first kappa shape index (κ1) is 13.8. The van der Waals surface area contributed by atoms with E-state index >= 15 is 0 Å². The minimum atomic E-state index is -1.38. The molecule has 1 nitrogen and oxygen atoms in total. The molecule has 0 fully saturated rings. The van der Waals surface area contributed by atoms with Gasteiger partial charge in [-0.15, -0.1) is 0 Å². The van der Waals surface area contributed by atoms with Crippen molar-refractivity contribution in [2.45, 2.75) is 71.5 Å². The third-order valence-electron chi connectivity index (χ3n) is 3.04. The van der Waals surface area contributed by atoms with Crippen LogP contribution in [-0.2, 0) is 4.43 Å². The molecule has 1 aliphatic carbocycles. The van der Waals surface area contributed by atoms with Gasteiger partial charge in [-0.25, -0.2) is 0 Å². The van der Waals surface area contributed by atoms with Crippen LogP contribution < -0.4 is 0 Å². The van der Waals surface area contributed by atoms with Crippen LogP contribution in [0, 0.1) is 5.92 Å². The third kappa shape index (κ3) is 5.74. The molecule has 1 rings (SSSR count). The van der Waals surface area contributed by atoms with Crippen LogP contribution >= 0.6 is 0 Å². The summed E-state index contributed by atoms with van der Waals surface area (Å²) in [6, 6.07) is 0. The summed E-state index contributed by atoms with van der Waals surface area (Å²) in [5.41, 5.74) is 0. The maximum atomic E-state index is 6.12. The first-order valence-electron chi connectivity index (χ1n) is 6.91. The van der Waals surface area contributed by atoms with Crippen molar-refractivity contribution < 1.29 is 4.43 Å². The zero-order valence-electron chi connectivity index (χ0n) is 11.5. The number of rotatable bonds is 6. The van der Waals surface area contributed by atoms with E-state index in [0.717, 1.165) is 5.92 Å². The molecule has 0 amide bonds. The van der Waals surface area contributed by atoms with Gasteiger partial charge in [-0.3, -0.25) is 0 Å². The number of hydrogen-bond donors (Lipinski definition) is 0. The van der Waals surface area contributed by atoms with Gasteiger partial charge in [-0.05, 0) is 50.9 Å². The Morgan fingerprint density at radius 1 is 1.31 bits per heavy atom. The summed E-state index contributed by atoms with van der Waals surface area (Å²) in [5.74, 6) is 2.10. The molecule has 1 unspecified atom stereocenters. The van der Waals surface area contributed by atoms with E-state index in [2.05, 4.69) is 32.6 Å². The van der Waals surface area contributed by atoms with Gasteiger partial charge in [0.2, 0.25) is 8.32 Å². The second-order valence-corrected chi connectivity index (χ2v) is 10.4. The molecule has 0 spiro atoms. The number of allylic oxidation sites excluding steroid dienone is 2. The van der Waals surface area contributed by atoms with Crippen molar-refractivity contribution in [3.8, 4) is 0 Å². The molecule has 94 valence electrons. The van der Waals surface area contributed by atoms with E-state index in [-0.39, 0.29) is 0 Å². The van der Waals surface area contributed by atoms with Gasteiger partial charge in [-0.2, -0.15) is 0 Å². The Morgan fingerprint density at radius 2 is 2.06 bits per heavy atom. The molecular weight excluding hydrogens is 212 g/mol. The SMILES string of the molecule is CCCCCC1C=C(O[Si](C)(C)C)CCC1. The van der Waals surface area contributed by atoms with Crippen molar-refractivity contribution in [3.05, 3.63) is 11.8 Å². The van der Waals surface area contributed by atoms with Crippen LogP contribution in [0.3, 0.4) is 0 Å². The summed E-state index contributed by atoms with van der Waals surface area (Å²) in [4.78, 5) is 0. The first-order valence-corrected chi connectivity index (χ1v) is 10.3. The zero-order chi connectivity index (χ0) is 12.0. The van der Waals surface area contributed by atoms with Gasteiger partial charge in [0.15, 0.2) is 0 Å². The average molecular weight is 240 g/mol. The molecule has 0 bridgehead atoms. The monoisotopic (exact) mass is 240 g/mol. The van der Waals surface area contributed by atoms with Gasteiger partial charge < -0.3 is 4.43 Å². The second-order valence-electron chi connectivity index (χ2n) is 6.00. The minimum absolute atomic E-state index is 0.798. The molecule has 0 saturated carbocycles. The molecule has 0 N–H and O–H groups in total. The molecule has 2 heteroatoms.